The summed E-state index contributed by atoms with van der Waals surface area (Å²) in [5.74, 6) is 0.946. The van der Waals surface area contributed by atoms with Crippen molar-refractivity contribution in [3.8, 4) is 5.75 Å². The number of benzene rings is 1. The summed E-state index contributed by atoms with van der Waals surface area (Å²) in [4.78, 5) is 0. The Kier molecular flexibility index (Phi) is 4.24. The minimum atomic E-state index is 0.944. The number of hydrogen-bond acceptors (Lipinski definition) is 1. The number of methoxy groups -OCH3 is 1. The lowest BCUT2D eigenvalue weighted by Crippen LogP contribution is -1.94. The molecule has 0 unspecified atom stereocenters. The molecule has 0 fully saturated rings. The monoisotopic (exact) mass is 190 g/mol. The molecule has 0 saturated heterocycles. The summed E-state index contributed by atoms with van der Waals surface area (Å²) >= 11 is 0. The van der Waals surface area contributed by atoms with Crippen LogP contribution in [0.2, 0.25) is 0 Å². The normalized spacial score (nSPS) is 9.86. The van der Waals surface area contributed by atoms with E-state index in [0.717, 1.165) is 25.0 Å². The third-order valence-corrected chi connectivity index (χ3v) is 2.30. The lowest BCUT2D eigenvalue weighted by atomic mass is 10.0. The second-order valence-corrected chi connectivity index (χ2v) is 3.38. The van der Waals surface area contributed by atoms with Crippen LogP contribution in [0.4, 0.5) is 0 Å². The molecule has 0 radical (unpaired) electrons. The zero-order valence-corrected chi connectivity index (χ0v) is 9.05. The molecule has 0 amide bonds. The van der Waals surface area contributed by atoms with Gasteiger partial charge in [-0.15, -0.1) is 6.58 Å². The summed E-state index contributed by atoms with van der Waals surface area (Å²) in [5, 5.41) is 0. The lowest BCUT2D eigenvalue weighted by molar-refractivity contribution is 0.414. The average Bonchev–Trinajstić information content (AvgIpc) is 2.21. The van der Waals surface area contributed by atoms with E-state index in [9.17, 15) is 0 Å². The van der Waals surface area contributed by atoms with Crippen LogP contribution in [0.3, 0.4) is 0 Å². The maximum absolute atomic E-state index is 5.21. The van der Waals surface area contributed by atoms with Gasteiger partial charge in [0.1, 0.15) is 5.75 Å². The van der Waals surface area contributed by atoms with E-state index in [0.29, 0.717) is 0 Å². The topological polar surface area (TPSA) is 9.23 Å². The fourth-order valence-corrected chi connectivity index (χ4v) is 1.59. The Hall–Kier alpha value is -1.24. The van der Waals surface area contributed by atoms with Crippen molar-refractivity contribution < 1.29 is 4.74 Å². The van der Waals surface area contributed by atoms with E-state index < -0.39 is 0 Å². The average molecular weight is 190 g/mol. The molecule has 0 bridgehead atoms. The molecule has 1 aromatic carbocycles. The van der Waals surface area contributed by atoms with Gasteiger partial charge in [0.2, 0.25) is 0 Å². The van der Waals surface area contributed by atoms with Gasteiger partial charge in [0.05, 0.1) is 7.11 Å². The van der Waals surface area contributed by atoms with Crippen molar-refractivity contribution in [2.24, 2.45) is 0 Å². The van der Waals surface area contributed by atoms with E-state index in [4.69, 9.17) is 4.74 Å². The SMILES string of the molecule is C=CCc1ccc(OC)cc1CCC. The van der Waals surface area contributed by atoms with E-state index in [1.165, 1.54) is 11.1 Å². The van der Waals surface area contributed by atoms with Gasteiger partial charge in [-0.05, 0) is 36.1 Å². The number of allylic oxidation sites excluding steroid dienone is 1. The molecule has 76 valence electrons. The Labute approximate surface area is 86.4 Å². The Bertz CT molecular complexity index is 302. The Balaban J connectivity index is 2.96. The predicted molar refractivity (Wildman–Crippen MR) is 60.9 cm³/mol. The van der Waals surface area contributed by atoms with Crippen LogP contribution < -0.4 is 4.74 Å². The second kappa shape index (κ2) is 5.48. The molecule has 0 aliphatic heterocycles. The van der Waals surface area contributed by atoms with E-state index >= 15 is 0 Å². The Morgan fingerprint density at radius 1 is 1.36 bits per heavy atom. The molecule has 0 atom stereocenters. The van der Waals surface area contributed by atoms with Gasteiger partial charge in [-0.3, -0.25) is 0 Å². The summed E-state index contributed by atoms with van der Waals surface area (Å²) in [6.45, 7) is 5.96. The fourth-order valence-electron chi connectivity index (χ4n) is 1.59. The minimum absolute atomic E-state index is 0.944. The standard InChI is InChI=1S/C13H18O/c1-4-6-11-8-9-13(14-3)10-12(11)7-5-2/h4,8-10H,1,5-7H2,2-3H3. The van der Waals surface area contributed by atoms with Crippen LogP contribution in [0.25, 0.3) is 0 Å². The molecule has 0 aromatic heterocycles. The van der Waals surface area contributed by atoms with Crippen molar-refractivity contribution in [3.05, 3.63) is 42.0 Å². The molecule has 1 nitrogen and oxygen atoms in total. The molecule has 0 spiro atoms. The summed E-state index contributed by atoms with van der Waals surface area (Å²) in [6, 6.07) is 6.27. The highest BCUT2D eigenvalue weighted by atomic mass is 16.5. The van der Waals surface area contributed by atoms with Gasteiger partial charge in [-0.2, -0.15) is 0 Å². The van der Waals surface area contributed by atoms with Crippen LogP contribution in [-0.4, -0.2) is 7.11 Å². The van der Waals surface area contributed by atoms with Gasteiger partial charge in [0, 0.05) is 0 Å². The molecule has 14 heavy (non-hydrogen) atoms. The van der Waals surface area contributed by atoms with Crippen LogP contribution in [0.15, 0.2) is 30.9 Å². The molecule has 0 N–H and O–H groups in total. The van der Waals surface area contributed by atoms with Crippen LogP contribution in [0.5, 0.6) is 5.75 Å². The summed E-state index contributed by atoms with van der Waals surface area (Å²) in [6.07, 6.45) is 5.16. The highest BCUT2D eigenvalue weighted by molar-refractivity contribution is 5.36. The van der Waals surface area contributed by atoms with Crippen LogP contribution >= 0.6 is 0 Å². The Morgan fingerprint density at radius 3 is 2.71 bits per heavy atom. The van der Waals surface area contributed by atoms with Crippen molar-refractivity contribution in [1.29, 1.82) is 0 Å². The quantitative estimate of drug-likeness (QED) is 0.647. The first-order chi connectivity index (χ1) is 6.81. The van der Waals surface area contributed by atoms with Crippen molar-refractivity contribution in [3.63, 3.8) is 0 Å². The van der Waals surface area contributed by atoms with Crippen molar-refractivity contribution in [1.82, 2.24) is 0 Å². The van der Waals surface area contributed by atoms with Crippen LogP contribution in [-0.2, 0) is 12.8 Å². The minimum Gasteiger partial charge on any atom is -0.497 e. The summed E-state index contributed by atoms with van der Waals surface area (Å²) < 4.78 is 5.21. The largest absolute Gasteiger partial charge is 0.497 e. The first-order valence-corrected chi connectivity index (χ1v) is 5.08. The van der Waals surface area contributed by atoms with Crippen molar-refractivity contribution in [2.45, 2.75) is 26.2 Å². The summed E-state index contributed by atoms with van der Waals surface area (Å²) in [7, 11) is 1.71. The molecule has 0 aliphatic carbocycles. The molecular weight excluding hydrogens is 172 g/mol. The van der Waals surface area contributed by atoms with E-state index in [-0.39, 0.29) is 0 Å². The highest BCUT2D eigenvalue weighted by Gasteiger charge is 2.01. The molecule has 1 heteroatoms. The van der Waals surface area contributed by atoms with Crippen LogP contribution in [0.1, 0.15) is 24.5 Å². The van der Waals surface area contributed by atoms with Gasteiger partial charge in [0.15, 0.2) is 0 Å². The van der Waals surface area contributed by atoms with E-state index in [1.807, 2.05) is 12.1 Å². The zero-order valence-electron chi connectivity index (χ0n) is 9.05. The second-order valence-electron chi connectivity index (χ2n) is 3.38. The van der Waals surface area contributed by atoms with E-state index in [2.05, 4.69) is 25.6 Å². The molecule has 1 aromatic rings. The predicted octanol–water partition coefficient (Wildman–Crippen LogP) is 3.38. The highest BCUT2D eigenvalue weighted by Crippen LogP contribution is 2.19. The number of hydrogen-bond donors (Lipinski definition) is 0. The first kappa shape index (κ1) is 10.8. The number of aryl methyl sites for hydroxylation is 1. The zero-order chi connectivity index (χ0) is 10.4. The molecule has 0 aliphatic rings. The van der Waals surface area contributed by atoms with Gasteiger partial charge >= 0.3 is 0 Å². The van der Waals surface area contributed by atoms with Gasteiger partial charge in [-0.1, -0.05) is 25.5 Å². The number of rotatable bonds is 5. The fraction of sp³-hybridized carbons (Fsp3) is 0.385. The van der Waals surface area contributed by atoms with Crippen molar-refractivity contribution in [2.75, 3.05) is 7.11 Å². The van der Waals surface area contributed by atoms with Gasteiger partial charge in [0.25, 0.3) is 0 Å². The van der Waals surface area contributed by atoms with Crippen molar-refractivity contribution >= 4 is 0 Å². The maximum Gasteiger partial charge on any atom is 0.119 e. The molecule has 1 rings (SSSR count). The molecular formula is C13H18O. The van der Waals surface area contributed by atoms with E-state index in [1.54, 1.807) is 7.11 Å². The third-order valence-electron chi connectivity index (χ3n) is 2.30. The smallest absolute Gasteiger partial charge is 0.119 e. The Morgan fingerprint density at radius 2 is 2.14 bits per heavy atom. The first-order valence-electron chi connectivity index (χ1n) is 5.08. The third kappa shape index (κ3) is 2.63. The van der Waals surface area contributed by atoms with Gasteiger partial charge < -0.3 is 4.74 Å². The molecule has 0 heterocycles. The lowest BCUT2D eigenvalue weighted by Gasteiger charge is -2.09. The summed E-state index contributed by atoms with van der Waals surface area (Å²) in [5.41, 5.74) is 2.74. The maximum atomic E-state index is 5.21. The van der Waals surface area contributed by atoms with Crippen LogP contribution in [0, 0.1) is 0 Å². The van der Waals surface area contributed by atoms with Gasteiger partial charge in [-0.25, -0.2) is 0 Å². The molecule has 0 saturated carbocycles. The number of ether oxygens (including phenoxy) is 1.